The zero-order valence-corrected chi connectivity index (χ0v) is 17.6. The number of amides is 1. The van der Waals surface area contributed by atoms with Gasteiger partial charge in [-0.3, -0.25) is 19.0 Å². The highest BCUT2D eigenvalue weighted by Crippen LogP contribution is 2.13. The zero-order chi connectivity index (χ0) is 22.7. The molecule has 0 atom stereocenters. The van der Waals surface area contributed by atoms with Crippen molar-refractivity contribution >= 4 is 22.6 Å². The molecule has 0 bridgehead atoms. The summed E-state index contributed by atoms with van der Waals surface area (Å²) in [5.41, 5.74) is 1.94. The average Bonchev–Trinajstić information content (AvgIpc) is 2.81. The monoisotopic (exact) mass is 428 g/mol. The van der Waals surface area contributed by atoms with Crippen LogP contribution in [-0.2, 0) is 11.3 Å². The van der Waals surface area contributed by atoms with Crippen molar-refractivity contribution < 1.29 is 9.53 Å². The molecule has 1 amide bonds. The van der Waals surface area contributed by atoms with Gasteiger partial charge < -0.3 is 9.30 Å². The van der Waals surface area contributed by atoms with Crippen molar-refractivity contribution in [3.63, 3.8) is 0 Å². The van der Waals surface area contributed by atoms with Gasteiger partial charge in [0.2, 0.25) is 0 Å². The molecule has 32 heavy (non-hydrogen) atoms. The van der Waals surface area contributed by atoms with Gasteiger partial charge in [-0.05, 0) is 43.2 Å². The van der Waals surface area contributed by atoms with Crippen LogP contribution < -0.4 is 11.0 Å². The number of fused-ring (bicyclic) bond motifs is 2. The topological polar surface area (TPSA) is 115 Å². The summed E-state index contributed by atoms with van der Waals surface area (Å²) in [7, 11) is 1.59. The normalized spacial score (nSPS) is 11.7. The van der Waals surface area contributed by atoms with Crippen molar-refractivity contribution in [3.05, 3.63) is 81.5 Å². The standard InChI is InChI=1S/C23H20N6O3/c1-15-6-4-9-29-19(15)26-21-18(23(29)31)12-17(13-24)20(28(21)10-5-11-32-2)27-22(30)16-7-3-8-25-14-16/h3-4,6-9,12,14H,5,10-11H2,1-2H3. The number of aryl methyl sites for hydroxylation is 2. The number of nitrogens with zero attached hydrogens (tertiary/aromatic N) is 6. The lowest BCUT2D eigenvalue weighted by molar-refractivity contribution is 0.0996. The summed E-state index contributed by atoms with van der Waals surface area (Å²) in [6.07, 6.45) is 5.19. The van der Waals surface area contributed by atoms with Gasteiger partial charge in [0.25, 0.3) is 11.5 Å². The van der Waals surface area contributed by atoms with Crippen molar-refractivity contribution in [3.8, 4) is 6.07 Å². The Balaban J connectivity index is 2.09. The second-order valence-corrected chi connectivity index (χ2v) is 7.19. The van der Waals surface area contributed by atoms with E-state index in [-0.39, 0.29) is 22.0 Å². The second-order valence-electron chi connectivity index (χ2n) is 7.19. The highest BCUT2D eigenvalue weighted by Gasteiger charge is 2.16. The number of pyridine rings is 3. The molecular weight excluding hydrogens is 408 g/mol. The highest BCUT2D eigenvalue weighted by atomic mass is 16.5. The molecule has 0 N–H and O–H groups in total. The third-order valence-corrected chi connectivity index (χ3v) is 5.07. The molecule has 0 aliphatic carbocycles. The van der Waals surface area contributed by atoms with Crippen LogP contribution in [0.1, 0.15) is 27.9 Å². The van der Waals surface area contributed by atoms with Crippen LogP contribution in [-0.4, -0.2) is 38.6 Å². The summed E-state index contributed by atoms with van der Waals surface area (Å²) in [4.78, 5) is 38.9. The molecule has 160 valence electrons. The molecule has 4 aromatic heterocycles. The molecule has 0 fully saturated rings. The first kappa shape index (κ1) is 21.1. The maximum atomic E-state index is 13.2. The van der Waals surface area contributed by atoms with Gasteiger partial charge in [0.05, 0.1) is 16.5 Å². The smallest absolute Gasteiger partial charge is 0.280 e. The second kappa shape index (κ2) is 8.91. The summed E-state index contributed by atoms with van der Waals surface area (Å²) in [5.74, 6) is -0.539. The fourth-order valence-corrected chi connectivity index (χ4v) is 3.52. The predicted octanol–water partition coefficient (Wildman–Crippen LogP) is 2.00. The Bertz CT molecular complexity index is 1500. The predicted molar refractivity (Wildman–Crippen MR) is 117 cm³/mol. The Kier molecular flexibility index (Phi) is 5.87. The molecule has 0 aliphatic heterocycles. The highest BCUT2D eigenvalue weighted by molar-refractivity contribution is 5.94. The average molecular weight is 428 g/mol. The first-order chi connectivity index (χ1) is 15.5. The minimum absolute atomic E-state index is 0.110. The van der Waals surface area contributed by atoms with Gasteiger partial charge in [-0.15, -0.1) is 0 Å². The van der Waals surface area contributed by atoms with Gasteiger partial charge in [-0.1, -0.05) is 6.07 Å². The molecule has 0 saturated heterocycles. The third-order valence-electron chi connectivity index (χ3n) is 5.07. The van der Waals surface area contributed by atoms with Crippen LogP contribution in [0, 0.1) is 18.3 Å². The van der Waals surface area contributed by atoms with E-state index in [1.807, 2.05) is 13.0 Å². The zero-order valence-electron chi connectivity index (χ0n) is 17.6. The molecule has 0 aliphatic rings. The van der Waals surface area contributed by atoms with Gasteiger partial charge in [0.1, 0.15) is 17.4 Å². The van der Waals surface area contributed by atoms with E-state index < -0.39 is 5.91 Å². The van der Waals surface area contributed by atoms with Gasteiger partial charge in [0.15, 0.2) is 5.49 Å². The number of hydrogen-bond donors (Lipinski definition) is 0. The molecule has 4 aromatic rings. The number of carbonyl (C=O) groups excluding carboxylic acids is 1. The van der Waals surface area contributed by atoms with E-state index in [1.54, 1.807) is 42.3 Å². The Morgan fingerprint density at radius 1 is 1.28 bits per heavy atom. The third kappa shape index (κ3) is 3.79. The van der Waals surface area contributed by atoms with E-state index in [0.29, 0.717) is 36.4 Å². The molecule has 4 heterocycles. The lowest BCUT2D eigenvalue weighted by Crippen LogP contribution is -2.30. The Labute approximate surface area is 182 Å². The number of ether oxygens (including phenoxy) is 1. The maximum absolute atomic E-state index is 13.2. The van der Waals surface area contributed by atoms with Crippen LogP contribution >= 0.6 is 0 Å². The number of rotatable bonds is 5. The SMILES string of the molecule is COCCCn1c(=NC(=O)c2cccnc2)c(C#N)cc2c(=O)n3cccc(C)c3nc21. The summed E-state index contributed by atoms with van der Waals surface area (Å²) < 4.78 is 8.27. The van der Waals surface area contributed by atoms with E-state index in [9.17, 15) is 14.9 Å². The summed E-state index contributed by atoms with van der Waals surface area (Å²) in [5, 5.41) is 10.1. The minimum atomic E-state index is -0.539. The largest absolute Gasteiger partial charge is 0.385 e. The first-order valence-electron chi connectivity index (χ1n) is 9.99. The number of aromatic nitrogens is 4. The van der Waals surface area contributed by atoms with Crippen LogP contribution in [0.2, 0.25) is 0 Å². The Morgan fingerprint density at radius 3 is 2.84 bits per heavy atom. The maximum Gasteiger partial charge on any atom is 0.280 e. The molecule has 0 spiro atoms. The summed E-state index contributed by atoms with van der Waals surface area (Å²) in [6.45, 7) is 2.67. The van der Waals surface area contributed by atoms with E-state index in [0.717, 1.165) is 5.56 Å². The quantitative estimate of drug-likeness (QED) is 0.355. The minimum Gasteiger partial charge on any atom is -0.385 e. The van der Waals surface area contributed by atoms with Crippen molar-refractivity contribution in [1.82, 2.24) is 18.9 Å². The van der Waals surface area contributed by atoms with Crippen molar-refractivity contribution in [1.29, 1.82) is 5.26 Å². The molecule has 9 heteroatoms. The molecule has 0 saturated carbocycles. The van der Waals surface area contributed by atoms with Crippen LogP contribution in [0.5, 0.6) is 0 Å². The fourth-order valence-electron chi connectivity index (χ4n) is 3.52. The molecular formula is C23H20N6O3. The fraction of sp³-hybridized carbons (Fsp3) is 0.217. The molecule has 0 radical (unpaired) electrons. The van der Waals surface area contributed by atoms with Gasteiger partial charge in [-0.2, -0.15) is 10.3 Å². The molecule has 0 unspecified atom stereocenters. The Hall–Kier alpha value is -4.16. The summed E-state index contributed by atoms with van der Waals surface area (Å²) >= 11 is 0. The van der Waals surface area contributed by atoms with E-state index in [1.165, 1.54) is 16.7 Å². The van der Waals surface area contributed by atoms with Crippen molar-refractivity contribution in [2.45, 2.75) is 19.9 Å². The van der Waals surface area contributed by atoms with Gasteiger partial charge in [-0.25, -0.2) is 4.98 Å². The van der Waals surface area contributed by atoms with Gasteiger partial charge in [0, 0.05) is 38.9 Å². The van der Waals surface area contributed by atoms with Crippen LogP contribution in [0.15, 0.2) is 58.7 Å². The number of methoxy groups -OCH3 is 1. The first-order valence-corrected chi connectivity index (χ1v) is 9.99. The van der Waals surface area contributed by atoms with Crippen LogP contribution in [0.3, 0.4) is 0 Å². The lowest BCUT2D eigenvalue weighted by Gasteiger charge is -2.14. The summed E-state index contributed by atoms with van der Waals surface area (Å²) in [6, 6.07) is 10.4. The number of carbonyl (C=O) groups is 1. The van der Waals surface area contributed by atoms with Gasteiger partial charge >= 0.3 is 0 Å². The van der Waals surface area contributed by atoms with Crippen molar-refractivity contribution in [2.24, 2.45) is 4.99 Å². The van der Waals surface area contributed by atoms with E-state index in [2.05, 4.69) is 16.0 Å². The van der Waals surface area contributed by atoms with Crippen LogP contribution in [0.4, 0.5) is 0 Å². The molecule has 9 nitrogen and oxygen atoms in total. The van der Waals surface area contributed by atoms with E-state index >= 15 is 0 Å². The molecule has 0 aromatic carbocycles. The van der Waals surface area contributed by atoms with E-state index in [4.69, 9.17) is 9.72 Å². The number of nitriles is 1. The Morgan fingerprint density at radius 2 is 2.12 bits per heavy atom. The lowest BCUT2D eigenvalue weighted by atomic mass is 10.2. The molecule has 4 rings (SSSR count). The number of hydrogen-bond acceptors (Lipinski definition) is 6. The van der Waals surface area contributed by atoms with Crippen molar-refractivity contribution in [2.75, 3.05) is 13.7 Å². The van der Waals surface area contributed by atoms with Crippen LogP contribution in [0.25, 0.3) is 16.7 Å².